The van der Waals surface area contributed by atoms with Crippen LogP contribution in [0.3, 0.4) is 0 Å². The minimum absolute atomic E-state index is 0.168. The summed E-state index contributed by atoms with van der Waals surface area (Å²) < 4.78 is 5.13. The number of carbonyl (C=O) groups excluding carboxylic acids is 1. The lowest BCUT2D eigenvalue weighted by atomic mass is 10.1. The maximum Gasteiger partial charge on any atom is 0.311 e. The molecule has 1 aromatic heterocycles. The van der Waals surface area contributed by atoms with E-state index < -0.39 is 11.4 Å². The van der Waals surface area contributed by atoms with Crippen LogP contribution in [0.4, 0.5) is 0 Å². The molecule has 0 radical (unpaired) electrons. The van der Waals surface area contributed by atoms with Gasteiger partial charge in [-0.2, -0.15) is 0 Å². The zero-order chi connectivity index (χ0) is 11.8. The van der Waals surface area contributed by atoms with Gasteiger partial charge in [-0.3, -0.25) is 9.59 Å². The number of hydrogen-bond acceptors (Lipinski definition) is 3. The van der Waals surface area contributed by atoms with Gasteiger partial charge in [-0.15, -0.1) is 0 Å². The van der Waals surface area contributed by atoms with E-state index in [1.807, 2.05) is 0 Å². The predicted octanol–water partition coefficient (Wildman–Crippen LogP) is 1.18. The van der Waals surface area contributed by atoms with E-state index in [1.165, 1.54) is 0 Å². The number of carboxylic acid groups (broad SMARTS) is 1. The van der Waals surface area contributed by atoms with Gasteiger partial charge in [0.15, 0.2) is 5.76 Å². The van der Waals surface area contributed by atoms with E-state index in [0.29, 0.717) is 18.6 Å². The summed E-state index contributed by atoms with van der Waals surface area (Å²) in [6.45, 7) is 1.91. The Labute approximate surface area is 92.4 Å². The number of furan rings is 1. The van der Waals surface area contributed by atoms with Gasteiger partial charge in [-0.1, -0.05) is 0 Å². The first-order valence-electron chi connectivity index (χ1n) is 5.12. The molecule has 0 atom stereocenters. The average Bonchev–Trinajstić information content (AvgIpc) is 2.92. The number of aryl methyl sites for hydroxylation is 1. The molecular formula is C11H13NO4. The zero-order valence-corrected chi connectivity index (χ0v) is 8.95. The Kier molecular flexibility index (Phi) is 2.46. The van der Waals surface area contributed by atoms with Gasteiger partial charge < -0.3 is 14.8 Å². The minimum atomic E-state index is -0.844. The highest BCUT2D eigenvalue weighted by atomic mass is 16.4. The van der Waals surface area contributed by atoms with Crippen molar-refractivity contribution in [2.75, 3.05) is 6.54 Å². The summed E-state index contributed by atoms with van der Waals surface area (Å²) in [5.74, 6) is -0.327. The van der Waals surface area contributed by atoms with Crippen LogP contribution in [-0.4, -0.2) is 23.5 Å². The molecule has 5 nitrogen and oxygen atoms in total. The van der Waals surface area contributed by atoms with E-state index in [1.54, 1.807) is 19.1 Å². The van der Waals surface area contributed by atoms with E-state index in [-0.39, 0.29) is 18.2 Å². The normalized spacial score (nSPS) is 16.8. The molecule has 5 heteroatoms. The van der Waals surface area contributed by atoms with Crippen LogP contribution >= 0.6 is 0 Å². The van der Waals surface area contributed by atoms with Gasteiger partial charge in [-0.25, -0.2) is 0 Å². The van der Waals surface area contributed by atoms with Crippen molar-refractivity contribution in [2.45, 2.75) is 19.8 Å². The summed E-state index contributed by atoms with van der Waals surface area (Å²) in [7, 11) is 0. The Hall–Kier alpha value is -1.78. The number of carbonyl (C=O) groups is 2. The van der Waals surface area contributed by atoms with E-state index >= 15 is 0 Å². The van der Waals surface area contributed by atoms with Crippen LogP contribution < -0.4 is 5.32 Å². The predicted molar refractivity (Wildman–Crippen MR) is 55.1 cm³/mol. The molecule has 0 spiro atoms. The highest BCUT2D eigenvalue weighted by Crippen LogP contribution is 2.45. The minimum Gasteiger partial charge on any atom is -0.481 e. The third-order valence-electron chi connectivity index (χ3n) is 2.86. The third kappa shape index (κ3) is 1.93. The van der Waals surface area contributed by atoms with Crippen molar-refractivity contribution >= 4 is 11.9 Å². The van der Waals surface area contributed by atoms with Crippen molar-refractivity contribution in [1.82, 2.24) is 5.32 Å². The second kappa shape index (κ2) is 3.66. The van der Waals surface area contributed by atoms with Crippen LogP contribution in [0.25, 0.3) is 0 Å². The Morgan fingerprint density at radius 1 is 1.50 bits per heavy atom. The lowest BCUT2D eigenvalue weighted by Crippen LogP contribution is -2.34. The van der Waals surface area contributed by atoms with Crippen LogP contribution in [0.15, 0.2) is 16.5 Å². The van der Waals surface area contributed by atoms with Crippen molar-refractivity contribution in [3.05, 3.63) is 23.7 Å². The van der Waals surface area contributed by atoms with Crippen molar-refractivity contribution in [3.63, 3.8) is 0 Å². The molecule has 0 saturated heterocycles. The maximum absolute atomic E-state index is 11.6. The summed E-state index contributed by atoms with van der Waals surface area (Å²) >= 11 is 0. The summed E-state index contributed by atoms with van der Waals surface area (Å²) in [6, 6.07) is 3.27. The van der Waals surface area contributed by atoms with Crippen LogP contribution in [0.5, 0.6) is 0 Å². The van der Waals surface area contributed by atoms with Gasteiger partial charge in [-0.05, 0) is 31.9 Å². The fraction of sp³-hybridized carbons (Fsp3) is 0.455. The zero-order valence-electron chi connectivity index (χ0n) is 8.95. The van der Waals surface area contributed by atoms with Gasteiger partial charge in [0.1, 0.15) is 5.76 Å². The highest BCUT2D eigenvalue weighted by molar-refractivity contribution is 5.92. The standard InChI is InChI=1S/C11H13NO4/c1-7-2-3-8(16-7)9(13)12-6-11(4-5-11)10(14)15/h2-3H,4-6H2,1H3,(H,12,13)(H,14,15). The van der Waals surface area contributed by atoms with Crippen LogP contribution in [0.2, 0.25) is 0 Å². The Morgan fingerprint density at radius 2 is 2.19 bits per heavy atom. The molecule has 0 unspecified atom stereocenters. The van der Waals surface area contributed by atoms with E-state index in [9.17, 15) is 9.59 Å². The molecule has 86 valence electrons. The summed E-state index contributed by atoms with van der Waals surface area (Å²) in [5, 5.41) is 11.5. The topological polar surface area (TPSA) is 79.5 Å². The molecule has 1 amide bonds. The number of aliphatic carboxylic acids is 1. The van der Waals surface area contributed by atoms with E-state index in [4.69, 9.17) is 9.52 Å². The molecule has 1 aliphatic carbocycles. The van der Waals surface area contributed by atoms with Crippen molar-refractivity contribution in [1.29, 1.82) is 0 Å². The van der Waals surface area contributed by atoms with Crippen molar-refractivity contribution in [2.24, 2.45) is 5.41 Å². The van der Waals surface area contributed by atoms with Crippen molar-refractivity contribution < 1.29 is 19.1 Å². The first-order valence-corrected chi connectivity index (χ1v) is 5.12. The average molecular weight is 223 g/mol. The summed E-state index contributed by atoms with van der Waals surface area (Å²) in [6.07, 6.45) is 1.25. The Balaban J connectivity index is 1.92. The third-order valence-corrected chi connectivity index (χ3v) is 2.86. The maximum atomic E-state index is 11.6. The molecular weight excluding hydrogens is 210 g/mol. The van der Waals surface area contributed by atoms with Crippen LogP contribution in [0.1, 0.15) is 29.2 Å². The SMILES string of the molecule is Cc1ccc(C(=O)NCC2(C(=O)O)CC2)o1. The molecule has 2 rings (SSSR count). The lowest BCUT2D eigenvalue weighted by Gasteiger charge is -2.09. The highest BCUT2D eigenvalue weighted by Gasteiger charge is 2.50. The number of carboxylic acids is 1. The molecule has 1 heterocycles. The Bertz CT molecular complexity index is 431. The fourth-order valence-electron chi connectivity index (χ4n) is 1.51. The molecule has 1 aromatic rings. The quantitative estimate of drug-likeness (QED) is 0.803. The van der Waals surface area contributed by atoms with Crippen LogP contribution in [-0.2, 0) is 4.79 Å². The van der Waals surface area contributed by atoms with Crippen molar-refractivity contribution in [3.8, 4) is 0 Å². The summed E-state index contributed by atoms with van der Waals surface area (Å²) in [4.78, 5) is 22.4. The molecule has 1 aliphatic rings. The number of amides is 1. The first kappa shape index (κ1) is 10.7. The van der Waals surface area contributed by atoms with Gasteiger partial charge in [0.2, 0.25) is 0 Å². The molecule has 1 fully saturated rings. The first-order chi connectivity index (χ1) is 7.53. The van der Waals surface area contributed by atoms with Crippen LogP contribution in [0, 0.1) is 12.3 Å². The number of nitrogens with one attached hydrogen (secondary N) is 1. The number of hydrogen-bond donors (Lipinski definition) is 2. The monoisotopic (exact) mass is 223 g/mol. The number of rotatable bonds is 4. The lowest BCUT2D eigenvalue weighted by molar-refractivity contribution is -0.143. The second-order valence-corrected chi connectivity index (χ2v) is 4.18. The second-order valence-electron chi connectivity index (χ2n) is 4.18. The smallest absolute Gasteiger partial charge is 0.311 e. The van der Waals surface area contributed by atoms with Gasteiger partial charge in [0.05, 0.1) is 5.41 Å². The van der Waals surface area contributed by atoms with Gasteiger partial charge in [0, 0.05) is 6.54 Å². The molecule has 0 aliphatic heterocycles. The van der Waals surface area contributed by atoms with E-state index in [2.05, 4.69) is 5.32 Å². The van der Waals surface area contributed by atoms with Gasteiger partial charge >= 0.3 is 5.97 Å². The molecule has 1 saturated carbocycles. The molecule has 2 N–H and O–H groups in total. The largest absolute Gasteiger partial charge is 0.481 e. The molecule has 0 aromatic carbocycles. The molecule has 16 heavy (non-hydrogen) atoms. The summed E-state index contributed by atoms with van der Waals surface area (Å²) in [5.41, 5.74) is -0.739. The fourth-order valence-corrected chi connectivity index (χ4v) is 1.51. The Morgan fingerprint density at radius 3 is 2.62 bits per heavy atom. The van der Waals surface area contributed by atoms with E-state index in [0.717, 1.165) is 0 Å². The van der Waals surface area contributed by atoms with Gasteiger partial charge in [0.25, 0.3) is 5.91 Å². The molecule has 0 bridgehead atoms.